The van der Waals surface area contributed by atoms with Crippen LogP contribution in [0.5, 0.6) is 5.88 Å². The minimum Gasteiger partial charge on any atom is -0.494 e. The second kappa shape index (κ2) is 9.72. The Morgan fingerprint density at radius 1 is 1.03 bits per heavy atom. The monoisotopic (exact) mass is 468 g/mol. The van der Waals surface area contributed by atoms with E-state index in [1.165, 1.54) is 24.8 Å². The number of carbonyl (C=O) groups is 1. The Bertz CT molecular complexity index is 1400. The van der Waals surface area contributed by atoms with Crippen molar-refractivity contribution in [3.05, 3.63) is 89.2 Å². The maximum Gasteiger partial charge on any atom is 0.335 e. The average molecular weight is 469 g/mol. The first-order valence-corrected chi connectivity index (χ1v) is 11.9. The third-order valence-electron chi connectivity index (χ3n) is 6.59. The second-order valence-electron chi connectivity index (χ2n) is 9.00. The summed E-state index contributed by atoms with van der Waals surface area (Å²) < 4.78 is 1.65. The van der Waals surface area contributed by atoms with Gasteiger partial charge >= 0.3 is 5.97 Å². The summed E-state index contributed by atoms with van der Waals surface area (Å²) in [6.45, 7) is 3.11. The summed E-state index contributed by atoms with van der Waals surface area (Å²) in [6, 6.07) is 16.7. The van der Waals surface area contributed by atoms with Crippen molar-refractivity contribution in [1.82, 2.24) is 14.5 Å². The van der Waals surface area contributed by atoms with Gasteiger partial charge in [-0.05, 0) is 74.0 Å². The van der Waals surface area contributed by atoms with Gasteiger partial charge < -0.3 is 14.8 Å². The number of aromatic hydroxyl groups is 1. The van der Waals surface area contributed by atoms with Gasteiger partial charge in [0.05, 0.1) is 28.0 Å². The Balaban J connectivity index is 1.64. The van der Waals surface area contributed by atoms with E-state index < -0.39 is 5.97 Å². The van der Waals surface area contributed by atoms with Crippen LogP contribution in [0.3, 0.4) is 0 Å². The number of fused-ring (bicyclic) bond motifs is 1. The van der Waals surface area contributed by atoms with E-state index in [1.807, 2.05) is 24.3 Å². The summed E-state index contributed by atoms with van der Waals surface area (Å²) in [6.07, 6.45) is 7.17. The normalized spacial score (nSPS) is 14.9. The molecule has 0 aliphatic carbocycles. The molecule has 0 amide bonds. The number of carboxylic acid groups (broad SMARTS) is 1. The van der Waals surface area contributed by atoms with Crippen molar-refractivity contribution in [3.63, 3.8) is 0 Å². The number of aliphatic imine (C=N–C) groups is 1. The lowest BCUT2D eigenvalue weighted by atomic mass is 10.0. The van der Waals surface area contributed by atoms with E-state index in [-0.39, 0.29) is 11.4 Å². The number of piperidine rings is 1. The first-order valence-electron chi connectivity index (χ1n) is 11.9. The molecule has 0 spiro atoms. The lowest BCUT2D eigenvalue weighted by Crippen LogP contribution is -2.28. The molecule has 35 heavy (non-hydrogen) atoms. The highest BCUT2D eigenvalue weighted by Gasteiger charge is 2.22. The van der Waals surface area contributed by atoms with Crippen LogP contribution in [-0.4, -0.2) is 49.4 Å². The SMILES string of the molecule is Cn1c(O)c(C(=Nc2cccc(CN3CCCCC3)c2)c2cccnc2)c2cc(C(=O)O)ccc21. The zero-order valence-corrected chi connectivity index (χ0v) is 19.7. The van der Waals surface area contributed by atoms with E-state index in [1.54, 1.807) is 42.2 Å². The zero-order valence-electron chi connectivity index (χ0n) is 19.7. The predicted molar refractivity (Wildman–Crippen MR) is 137 cm³/mol. The molecule has 7 nitrogen and oxygen atoms in total. The quantitative estimate of drug-likeness (QED) is 0.383. The van der Waals surface area contributed by atoms with Gasteiger partial charge in [-0.1, -0.05) is 18.6 Å². The number of nitrogens with zero attached hydrogens (tertiary/aromatic N) is 4. The van der Waals surface area contributed by atoms with Crippen LogP contribution in [-0.2, 0) is 13.6 Å². The lowest BCUT2D eigenvalue weighted by Gasteiger charge is -2.26. The maximum absolute atomic E-state index is 11.7. The second-order valence-corrected chi connectivity index (χ2v) is 9.00. The van der Waals surface area contributed by atoms with Crippen molar-refractivity contribution in [2.45, 2.75) is 25.8 Å². The Morgan fingerprint density at radius 3 is 2.60 bits per heavy atom. The number of likely N-dealkylation sites (tertiary alicyclic amines) is 1. The Morgan fingerprint density at radius 2 is 1.86 bits per heavy atom. The van der Waals surface area contributed by atoms with Gasteiger partial charge in [-0.3, -0.25) is 9.88 Å². The third kappa shape index (κ3) is 4.68. The fourth-order valence-electron chi connectivity index (χ4n) is 4.79. The molecule has 1 fully saturated rings. The van der Waals surface area contributed by atoms with Crippen LogP contribution < -0.4 is 0 Å². The minimum absolute atomic E-state index is 0.0228. The fraction of sp³-hybridized carbons (Fsp3) is 0.250. The van der Waals surface area contributed by atoms with E-state index in [2.05, 4.69) is 22.0 Å². The molecule has 1 aliphatic rings. The van der Waals surface area contributed by atoms with E-state index in [4.69, 9.17) is 4.99 Å². The molecule has 178 valence electrons. The minimum atomic E-state index is -1.02. The third-order valence-corrected chi connectivity index (χ3v) is 6.59. The van der Waals surface area contributed by atoms with Crippen LogP contribution in [0.4, 0.5) is 5.69 Å². The average Bonchev–Trinajstić information content (AvgIpc) is 3.13. The molecule has 1 saturated heterocycles. The number of carboxylic acids is 1. The number of aromatic nitrogens is 2. The first kappa shape index (κ1) is 22.8. The van der Waals surface area contributed by atoms with Crippen molar-refractivity contribution < 1.29 is 15.0 Å². The molecule has 0 radical (unpaired) electrons. The standard InChI is InChI=1S/C28H28N4O3/c1-31-24-11-10-20(28(34)35)16-23(24)25(27(31)33)26(21-8-6-12-29-17-21)30-22-9-5-7-19(15-22)18-32-13-3-2-4-14-32/h5-12,15-17,33H,2-4,13-14,18H2,1H3,(H,34,35). The highest BCUT2D eigenvalue weighted by atomic mass is 16.4. The number of benzene rings is 2. The van der Waals surface area contributed by atoms with Gasteiger partial charge in [-0.15, -0.1) is 0 Å². The molecule has 0 atom stereocenters. The van der Waals surface area contributed by atoms with E-state index in [0.29, 0.717) is 16.7 Å². The molecule has 5 rings (SSSR count). The number of hydrogen-bond acceptors (Lipinski definition) is 5. The molecular formula is C28H28N4O3. The molecule has 2 aromatic carbocycles. The number of pyridine rings is 1. The summed E-state index contributed by atoms with van der Waals surface area (Å²) in [5.41, 5.74) is 4.59. The lowest BCUT2D eigenvalue weighted by molar-refractivity contribution is 0.0697. The largest absolute Gasteiger partial charge is 0.494 e. The Hall–Kier alpha value is -3.97. The summed E-state index contributed by atoms with van der Waals surface area (Å²) in [5, 5.41) is 21.3. The van der Waals surface area contributed by atoms with Crippen LogP contribution in [0.2, 0.25) is 0 Å². The number of aryl methyl sites for hydroxylation is 1. The van der Waals surface area contributed by atoms with Gasteiger partial charge in [0.15, 0.2) is 0 Å². The van der Waals surface area contributed by atoms with Crippen LogP contribution in [0.25, 0.3) is 10.9 Å². The van der Waals surface area contributed by atoms with Gasteiger partial charge in [0.25, 0.3) is 0 Å². The number of aromatic carboxylic acids is 1. The van der Waals surface area contributed by atoms with Crippen molar-refractivity contribution >= 4 is 28.3 Å². The molecule has 0 bridgehead atoms. The molecular weight excluding hydrogens is 440 g/mol. The molecule has 4 aromatic rings. The molecule has 3 heterocycles. The fourth-order valence-corrected chi connectivity index (χ4v) is 4.79. The van der Waals surface area contributed by atoms with Crippen LogP contribution in [0.1, 0.15) is 46.3 Å². The predicted octanol–water partition coefficient (Wildman–Crippen LogP) is 5.13. The highest BCUT2D eigenvalue weighted by molar-refractivity contribution is 6.22. The van der Waals surface area contributed by atoms with Gasteiger partial charge in [0.1, 0.15) is 0 Å². The van der Waals surface area contributed by atoms with E-state index >= 15 is 0 Å². The zero-order chi connectivity index (χ0) is 24.4. The Kier molecular flexibility index (Phi) is 6.33. The van der Waals surface area contributed by atoms with Crippen LogP contribution in [0, 0.1) is 0 Å². The van der Waals surface area contributed by atoms with Crippen molar-refractivity contribution in [3.8, 4) is 5.88 Å². The number of hydrogen-bond donors (Lipinski definition) is 2. The molecule has 2 aromatic heterocycles. The smallest absolute Gasteiger partial charge is 0.335 e. The molecule has 7 heteroatoms. The summed E-state index contributed by atoms with van der Waals surface area (Å²) in [7, 11) is 1.75. The van der Waals surface area contributed by atoms with E-state index in [9.17, 15) is 15.0 Å². The Labute approximate surface area is 204 Å². The van der Waals surface area contributed by atoms with Gasteiger partial charge in [0.2, 0.25) is 5.88 Å². The van der Waals surface area contributed by atoms with Gasteiger partial charge in [-0.25, -0.2) is 9.79 Å². The van der Waals surface area contributed by atoms with Gasteiger partial charge in [0, 0.05) is 36.9 Å². The van der Waals surface area contributed by atoms with Crippen LogP contribution in [0.15, 0.2) is 72.0 Å². The van der Waals surface area contributed by atoms with Crippen molar-refractivity contribution in [2.24, 2.45) is 12.0 Å². The van der Waals surface area contributed by atoms with Crippen molar-refractivity contribution in [2.75, 3.05) is 13.1 Å². The molecule has 0 saturated carbocycles. The number of rotatable bonds is 6. The van der Waals surface area contributed by atoms with E-state index in [0.717, 1.165) is 36.4 Å². The topological polar surface area (TPSA) is 91.0 Å². The van der Waals surface area contributed by atoms with Crippen molar-refractivity contribution in [1.29, 1.82) is 0 Å². The highest BCUT2D eigenvalue weighted by Crippen LogP contribution is 2.34. The van der Waals surface area contributed by atoms with Crippen LogP contribution >= 0.6 is 0 Å². The van der Waals surface area contributed by atoms with Gasteiger partial charge in [-0.2, -0.15) is 0 Å². The molecule has 0 unspecified atom stereocenters. The summed E-state index contributed by atoms with van der Waals surface area (Å²) in [4.78, 5) is 23.4. The maximum atomic E-state index is 11.7. The first-order chi connectivity index (χ1) is 17.0. The summed E-state index contributed by atoms with van der Waals surface area (Å²) in [5.74, 6) is -0.999. The molecule has 1 aliphatic heterocycles. The molecule has 2 N–H and O–H groups in total. The summed E-state index contributed by atoms with van der Waals surface area (Å²) >= 11 is 0.